The van der Waals surface area contributed by atoms with E-state index >= 15 is 0 Å². The first kappa shape index (κ1) is 29.9. The molecule has 2 heterocycles. The van der Waals surface area contributed by atoms with Crippen LogP contribution in [0.2, 0.25) is 0 Å². The predicted molar refractivity (Wildman–Crippen MR) is 156 cm³/mol. The summed E-state index contributed by atoms with van der Waals surface area (Å²) in [6.07, 6.45) is 2.53. The number of carbonyl (C=O) groups is 1. The molecule has 2 N–H and O–H groups in total. The van der Waals surface area contributed by atoms with E-state index < -0.39 is 29.0 Å². The van der Waals surface area contributed by atoms with Crippen molar-refractivity contribution < 1.29 is 23.0 Å². The number of hydrogen-bond acceptors (Lipinski definition) is 10. The number of likely N-dealkylation sites (N-methyl/N-ethyl adjacent to an activating group) is 2. The number of nitrogens with one attached hydrogen (secondary N) is 2. The van der Waals surface area contributed by atoms with Crippen LogP contribution < -0.4 is 30.6 Å². The number of carbonyl (C=O) groups excluding carboxylic acids is 1. The van der Waals surface area contributed by atoms with E-state index in [-0.39, 0.29) is 22.9 Å². The molecule has 12 nitrogen and oxygen atoms in total. The number of aromatic nitrogens is 4. The predicted octanol–water partition coefficient (Wildman–Crippen LogP) is 3.67. The molecule has 0 spiro atoms. The van der Waals surface area contributed by atoms with Crippen molar-refractivity contribution in [2.75, 3.05) is 56.9 Å². The second-order valence-electron chi connectivity index (χ2n) is 9.47. The molecule has 0 unspecified atom stereocenters. The maximum atomic E-state index is 14.1. The van der Waals surface area contributed by atoms with Gasteiger partial charge in [-0.2, -0.15) is 4.98 Å². The first-order valence-electron chi connectivity index (χ1n) is 12.7. The molecule has 4 rings (SSSR count). The second-order valence-corrected chi connectivity index (χ2v) is 9.47. The number of aryl methyl sites for hydroxylation is 1. The van der Waals surface area contributed by atoms with Crippen LogP contribution in [0.4, 0.5) is 31.8 Å². The summed E-state index contributed by atoms with van der Waals surface area (Å²) >= 11 is 0. The molecule has 0 bridgehead atoms. The molecule has 0 aliphatic carbocycles. The minimum Gasteiger partial charge on any atom is -0.494 e. The Bertz CT molecular complexity index is 1710. The van der Waals surface area contributed by atoms with Crippen LogP contribution in [0, 0.1) is 11.6 Å². The lowest BCUT2D eigenvalue weighted by molar-refractivity contribution is -0.111. The highest BCUT2D eigenvalue weighted by atomic mass is 19.1. The van der Waals surface area contributed by atoms with Crippen molar-refractivity contribution in [3.8, 4) is 17.4 Å². The molecule has 2 aromatic heterocycles. The van der Waals surface area contributed by atoms with Gasteiger partial charge in [-0.05, 0) is 38.4 Å². The van der Waals surface area contributed by atoms with Crippen LogP contribution in [0.3, 0.4) is 0 Å². The third-order valence-electron chi connectivity index (χ3n) is 6.18. The minimum atomic E-state index is -0.984. The number of ether oxygens (including phenoxy) is 2. The molecule has 2 aromatic carbocycles. The summed E-state index contributed by atoms with van der Waals surface area (Å²) in [4.78, 5) is 42.0. The molecule has 0 radical (unpaired) electrons. The van der Waals surface area contributed by atoms with Crippen molar-refractivity contribution in [1.29, 1.82) is 0 Å². The van der Waals surface area contributed by atoms with E-state index in [1.54, 1.807) is 12.1 Å². The largest absolute Gasteiger partial charge is 0.494 e. The molecule has 0 fully saturated rings. The van der Waals surface area contributed by atoms with Gasteiger partial charge in [-0.15, -0.1) is 0 Å². The maximum Gasteiger partial charge on any atom is 0.315 e. The van der Waals surface area contributed by atoms with Crippen LogP contribution in [-0.4, -0.2) is 71.7 Å². The van der Waals surface area contributed by atoms with Crippen LogP contribution in [0.1, 0.15) is 0 Å². The smallest absolute Gasteiger partial charge is 0.315 e. The molecule has 42 heavy (non-hydrogen) atoms. The van der Waals surface area contributed by atoms with Crippen LogP contribution in [0.15, 0.2) is 54.0 Å². The lowest BCUT2D eigenvalue weighted by Gasteiger charge is -2.26. The van der Waals surface area contributed by atoms with Gasteiger partial charge in [0.05, 0.1) is 30.4 Å². The fraction of sp³-hybridized carbons (Fsp3) is 0.250. The van der Waals surface area contributed by atoms with Crippen LogP contribution in [0.25, 0.3) is 11.2 Å². The normalized spacial score (nSPS) is 11.0. The fourth-order valence-electron chi connectivity index (χ4n) is 3.90. The van der Waals surface area contributed by atoms with Crippen LogP contribution in [-0.2, 0) is 11.8 Å². The Hall–Kier alpha value is -5.11. The Morgan fingerprint density at radius 2 is 1.86 bits per heavy atom. The number of fused-ring (bicyclic) bond motifs is 1. The van der Waals surface area contributed by atoms with E-state index in [0.717, 1.165) is 18.7 Å². The molecule has 4 aromatic rings. The quantitative estimate of drug-likeness (QED) is 0.254. The zero-order chi connectivity index (χ0) is 30.6. The summed E-state index contributed by atoms with van der Waals surface area (Å²) in [6, 6.07) is 6.15. The summed E-state index contributed by atoms with van der Waals surface area (Å²) in [7, 11) is 8.79. The Kier molecular flexibility index (Phi) is 8.96. The van der Waals surface area contributed by atoms with E-state index in [2.05, 4.69) is 32.2 Å². The highest BCUT2D eigenvalue weighted by Gasteiger charge is 2.18. The van der Waals surface area contributed by atoms with E-state index in [1.165, 1.54) is 31.0 Å². The zero-order valence-electron chi connectivity index (χ0n) is 23.7. The van der Waals surface area contributed by atoms with E-state index in [0.29, 0.717) is 35.4 Å². The zero-order valence-corrected chi connectivity index (χ0v) is 23.7. The summed E-state index contributed by atoms with van der Waals surface area (Å²) < 4.78 is 39.5. The summed E-state index contributed by atoms with van der Waals surface area (Å²) in [6.45, 7) is 4.98. The van der Waals surface area contributed by atoms with Crippen molar-refractivity contribution in [1.82, 2.24) is 24.4 Å². The number of amides is 1. The molecule has 0 saturated carbocycles. The third-order valence-corrected chi connectivity index (χ3v) is 6.18. The molecule has 1 amide bonds. The van der Waals surface area contributed by atoms with Crippen molar-refractivity contribution in [3.63, 3.8) is 0 Å². The Morgan fingerprint density at radius 3 is 2.52 bits per heavy atom. The molecule has 14 heteroatoms. The van der Waals surface area contributed by atoms with Gasteiger partial charge in [0.1, 0.15) is 17.1 Å². The molecule has 0 saturated heterocycles. The van der Waals surface area contributed by atoms with Gasteiger partial charge in [0.25, 0.3) is 5.88 Å². The van der Waals surface area contributed by atoms with Gasteiger partial charge in [-0.25, -0.2) is 18.7 Å². The lowest BCUT2D eigenvalue weighted by Crippen LogP contribution is -2.29. The molecular formula is C28H30F2N8O4. The first-order chi connectivity index (χ1) is 20.0. The first-order valence-corrected chi connectivity index (χ1v) is 12.7. The third kappa shape index (κ3) is 6.61. The molecule has 220 valence electrons. The summed E-state index contributed by atoms with van der Waals surface area (Å²) in [5.41, 5.74) is 1.28. The van der Waals surface area contributed by atoms with Crippen molar-refractivity contribution in [3.05, 3.63) is 71.2 Å². The highest BCUT2D eigenvalue weighted by Crippen LogP contribution is 2.38. The van der Waals surface area contributed by atoms with Gasteiger partial charge < -0.3 is 29.9 Å². The Labute approximate surface area is 240 Å². The average Bonchev–Trinajstić information content (AvgIpc) is 2.96. The molecule has 0 atom stereocenters. The van der Waals surface area contributed by atoms with Gasteiger partial charge in [-0.3, -0.25) is 14.2 Å². The number of methoxy groups -OCH3 is 1. The SMILES string of the molecule is C=CC(=O)Nc1cc(Nc2ncc3nc(Oc4ccc(F)cc4F)c(=O)n(C)c3n2)c(OC)cc1N(C)CCN(C)C. The number of rotatable bonds is 11. The van der Waals surface area contributed by atoms with E-state index in [1.807, 2.05) is 30.9 Å². The fourth-order valence-corrected chi connectivity index (χ4v) is 3.90. The van der Waals surface area contributed by atoms with E-state index in [4.69, 9.17) is 9.47 Å². The molecule has 0 aliphatic rings. The van der Waals surface area contributed by atoms with Gasteiger partial charge >= 0.3 is 5.56 Å². The van der Waals surface area contributed by atoms with Gasteiger partial charge in [0.2, 0.25) is 11.9 Å². The molecular weight excluding hydrogens is 550 g/mol. The van der Waals surface area contributed by atoms with Gasteiger partial charge in [-0.1, -0.05) is 6.58 Å². The van der Waals surface area contributed by atoms with Crippen molar-refractivity contribution in [2.24, 2.45) is 7.05 Å². The van der Waals surface area contributed by atoms with Crippen molar-refractivity contribution >= 4 is 40.1 Å². The van der Waals surface area contributed by atoms with Crippen LogP contribution >= 0.6 is 0 Å². The summed E-state index contributed by atoms with van der Waals surface area (Å²) in [5, 5.41) is 5.89. The minimum absolute atomic E-state index is 0.102. The highest BCUT2D eigenvalue weighted by molar-refractivity contribution is 6.02. The van der Waals surface area contributed by atoms with Crippen LogP contribution in [0.5, 0.6) is 17.4 Å². The lowest BCUT2D eigenvalue weighted by atomic mass is 10.2. The number of benzene rings is 2. The number of halogens is 2. The number of hydrogen-bond donors (Lipinski definition) is 2. The van der Waals surface area contributed by atoms with Crippen molar-refractivity contribution in [2.45, 2.75) is 0 Å². The number of nitrogens with zero attached hydrogens (tertiary/aromatic N) is 6. The van der Waals surface area contributed by atoms with Gasteiger partial charge in [0.15, 0.2) is 17.2 Å². The Morgan fingerprint density at radius 1 is 1.10 bits per heavy atom. The topological polar surface area (TPSA) is 127 Å². The maximum absolute atomic E-state index is 14.1. The van der Waals surface area contributed by atoms with E-state index in [9.17, 15) is 18.4 Å². The Balaban J connectivity index is 1.70. The average molecular weight is 581 g/mol. The standard InChI is InChI=1S/C28H30F2N8O4/c1-7-24(39)32-18-13-19(23(41-6)14-21(18)37(4)11-10-36(2)3)34-28-31-15-20-25(35-28)38(5)27(40)26(33-20)42-22-9-8-16(29)12-17(22)30/h7-9,12-15H,1,10-11H2,2-6H3,(H,32,39)(H,31,34,35). The number of anilines is 4. The van der Waals surface area contributed by atoms with Gasteiger partial charge in [0, 0.05) is 39.3 Å². The summed E-state index contributed by atoms with van der Waals surface area (Å²) in [5.74, 6) is -2.41. The second kappa shape index (κ2) is 12.6. The molecule has 0 aliphatic heterocycles. The monoisotopic (exact) mass is 580 g/mol.